The number of hydrogen-bond acceptors (Lipinski definition) is 4. The summed E-state index contributed by atoms with van der Waals surface area (Å²) in [6.45, 7) is 2.15. The van der Waals surface area contributed by atoms with E-state index in [1.54, 1.807) is 6.92 Å². The van der Waals surface area contributed by atoms with Crippen molar-refractivity contribution >= 4 is 16.0 Å². The molecule has 0 saturated heterocycles. The third kappa shape index (κ3) is 3.83. The molecule has 0 aliphatic heterocycles. The number of aromatic nitrogens is 1. The molecule has 0 spiro atoms. The molecule has 18 heavy (non-hydrogen) atoms. The van der Waals surface area contributed by atoms with Crippen molar-refractivity contribution in [1.82, 2.24) is 9.71 Å². The van der Waals surface area contributed by atoms with Crippen LogP contribution in [0.5, 0.6) is 0 Å². The lowest BCUT2D eigenvalue weighted by Gasteiger charge is -2.12. The highest BCUT2D eigenvalue weighted by Gasteiger charge is 2.20. The van der Waals surface area contributed by atoms with Crippen molar-refractivity contribution in [1.29, 1.82) is 0 Å². The first-order chi connectivity index (χ1) is 8.36. The Bertz CT molecular complexity index is 508. The zero-order valence-corrected chi connectivity index (χ0v) is 11.0. The molecule has 8 heteroatoms. The largest absolute Gasteiger partial charge is 0.477 e. The van der Waals surface area contributed by atoms with Crippen LogP contribution in [0.4, 0.5) is 0 Å². The number of hydrogen-bond donors (Lipinski definition) is 3. The molecule has 0 aromatic carbocycles. The summed E-state index contributed by atoms with van der Waals surface area (Å²) in [5.41, 5.74) is -0.167. The second-order valence-corrected chi connectivity index (χ2v) is 5.57. The van der Waals surface area contributed by atoms with E-state index in [0.29, 0.717) is 13.0 Å². The minimum atomic E-state index is -3.70. The van der Waals surface area contributed by atoms with E-state index in [2.05, 4.69) is 9.71 Å². The number of ether oxygens (including phenoxy) is 1. The monoisotopic (exact) mass is 276 g/mol. The quantitative estimate of drug-likeness (QED) is 0.668. The van der Waals surface area contributed by atoms with E-state index >= 15 is 0 Å². The van der Waals surface area contributed by atoms with Gasteiger partial charge in [-0.2, -0.15) is 0 Å². The number of sulfonamides is 1. The van der Waals surface area contributed by atoms with Gasteiger partial charge in [0.25, 0.3) is 0 Å². The molecule has 102 valence electrons. The van der Waals surface area contributed by atoms with Crippen LogP contribution < -0.4 is 4.72 Å². The molecule has 3 N–H and O–H groups in total. The van der Waals surface area contributed by atoms with Gasteiger partial charge in [0.2, 0.25) is 10.0 Å². The maximum Gasteiger partial charge on any atom is 0.352 e. The zero-order chi connectivity index (χ0) is 13.8. The highest BCUT2D eigenvalue weighted by Crippen LogP contribution is 2.11. The van der Waals surface area contributed by atoms with Crippen LogP contribution in [-0.2, 0) is 14.8 Å². The fraction of sp³-hybridized carbons (Fsp3) is 0.500. The predicted molar refractivity (Wildman–Crippen MR) is 64.0 cm³/mol. The van der Waals surface area contributed by atoms with E-state index in [1.807, 2.05) is 0 Å². The van der Waals surface area contributed by atoms with Gasteiger partial charge in [-0.25, -0.2) is 17.9 Å². The third-order valence-electron chi connectivity index (χ3n) is 2.31. The number of aromatic amines is 1. The Morgan fingerprint density at radius 2 is 2.28 bits per heavy atom. The number of carbonyl (C=O) groups is 1. The van der Waals surface area contributed by atoms with E-state index in [-0.39, 0.29) is 16.6 Å². The molecule has 1 aromatic rings. The molecule has 0 fully saturated rings. The summed E-state index contributed by atoms with van der Waals surface area (Å²) in [7, 11) is -2.17. The fourth-order valence-electron chi connectivity index (χ4n) is 1.34. The van der Waals surface area contributed by atoms with Crippen LogP contribution in [0.1, 0.15) is 23.8 Å². The van der Waals surface area contributed by atoms with Crippen molar-refractivity contribution in [3.05, 3.63) is 18.0 Å². The van der Waals surface area contributed by atoms with Gasteiger partial charge in [0.15, 0.2) is 0 Å². The molecule has 1 aromatic heterocycles. The summed E-state index contributed by atoms with van der Waals surface area (Å²) in [4.78, 5) is 12.9. The van der Waals surface area contributed by atoms with Crippen LogP contribution in [0.25, 0.3) is 0 Å². The van der Waals surface area contributed by atoms with E-state index < -0.39 is 16.0 Å². The highest BCUT2D eigenvalue weighted by atomic mass is 32.2. The number of methoxy groups -OCH3 is 1. The Labute approximate surface area is 105 Å². The first-order valence-electron chi connectivity index (χ1n) is 5.30. The molecule has 1 atom stereocenters. The van der Waals surface area contributed by atoms with Gasteiger partial charge in [-0.3, -0.25) is 0 Å². The molecule has 0 bridgehead atoms. The van der Waals surface area contributed by atoms with Crippen molar-refractivity contribution in [2.45, 2.75) is 24.3 Å². The molecule has 0 aliphatic carbocycles. The van der Waals surface area contributed by atoms with Crippen molar-refractivity contribution in [3.8, 4) is 0 Å². The summed E-state index contributed by atoms with van der Waals surface area (Å²) in [6.07, 6.45) is 1.68. The van der Waals surface area contributed by atoms with Gasteiger partial charge in [-0.05, 0) is 19.4 Å². The number of carboxylic acid groups (broad SMARTS) is 1. The first kappa shape index (κ1) is 14.7. The molecule has 1 rings (SSSR count). The Morgan fingerprint density at radius 3 is 2.78 bits per heavy atom. The van der Waals surface area contributed by atoms with Crippen LogP contribution in [0.2, 0.25) is 0 Å². The molecule has 0 amide bonds. The highest BCUT2D eigenvalue weighted by molar-refractivity contribution is 7.89. The van der Waals surface area contributed by atoms with E-state index in [1.165, 1.54) is 7.11 Å². The minimum absolute atomic E-state index is 0.0934. The van der Waals surface area contributed by atoms with Crippen LogP contribution in [0.15, 0.2) is 17.2 Å². The molecule has 1 heterocycles. The first-order valence-corrected chi connectivity index (χ1v) is 6.78. The van der Waals surface area contributed by atoms with Crippen LogP contribution in [0, 0.1) is 0 Å². The Morgan fingerprint density at radius 1 is 1.61 bits per heavy atom. The van der Waals surface area contributed by atoms with Crippen LogP contribution in [0.3, 0.4) is 0 Å². The summed E-state index contributed by atoms with van der Waals surface area (Å²) in [5, 5.41) is 8.70. The van der Waals surface area contributed by atoms with Gasteiger partial charge in [0.05, 0.1) is 0 Å². The molecule has 1 unspecified atom stereocenters. The Balaban J connectivity index is 2.76. The normalized spacial score (nSPS) is 13.4. The maximum absolute atomic E-state index is 11.9. The predicted octanol–water partition coefficient (Wildman–Crippen LogP) is 0.416. The van der Waals surface area contributed by atoms with Crippen molar-refractivity contribution in [2.75, 3.05) is 13.7 Å². The number of carboxylic acids is 1. The topological polar surface area (TPSA) is 108 Å². The van der Waals surface area contributed by atoms with Crippen LogP contribution in [-0.4, -0.2) is 44.2 Å². The average Bonchev–Trinajstić information content (AvgIpc) is 2.75. The van der Waals surface area contributed by atoms with E-state index in [0.717, 1.165) is 12.3 Å². The Kier molecular flexibility index (Phi) is 4.88. The Hall–Kier alpha value is -1.38. The molecular formula is C10H16N2O5S. The smallest absolute Gasteiger partial charge is 0.352 e. The molecule has 7 nitrogen and oxygen atoms in total. The van der Waals surface area contributed by atoms with Crippen molar-refractivity contribution < 1.29 is 23.1 Å². The van der Waals surface area contributed by atoms with E-state index in [9.17, 15) is 13.2 Å². The lowest BCUT2D eigenvalue weighted by molar-refractivity contribution is 0.0691. The fourth-order valence-corrected chi connectivity index (χ4v) is 2.61. The second kappa shape index (κ2) is 5.98. The lowest BCUT2D eigenvalue weighted by Crippen LogP contribution is -2.33. The number of aromatic carboxylic acids is 1. The van der Waals surface area contributed by atoms with Crippen molar-refractivity contribution in [3.63, 3.8) is 0 Å². The van der Waals surface area contributed by atoms with E-state index in [4.69, 9.17) is 9.84 Å². The zero-order valence-electron chi connectivity index (χ0n) is 10.1. The summed E-state index contributed by atoms with van der Waals surface area (Å²) in [5.74, 6) is -1.20. The SMILES string of the molecule is COCCC(C)NS(=O)(=O)c1c[nH]c(C(=O)O)c1. The number of H-pyrrole nitrogens is 1. The lowest BCUT2D eigenvalue weighted by atomic mass is 10.3. The van der Waals surface area contributed by atoms with Gasteiger partial charge in [0, 0.05) is 26.0 Å². The average molecular weight is 276 g/mol. The second-order valence-electron chi connectivity index (χ2n) is 3.86. The van der Waals surface area contributed by atoms with Gasteiger partial charge in [-0.15, -0.1) is 0 Å². The van der Waals surface area contributed by atoms with Gasteiger partial charge in [-0.1, -0.05) is 0 Å². The molecule has 0 saturated carbocycles. The summed E-state index contributed by atoms with van der Waals surface area (Å²) < 4.78 is 31.0. The van der Waals surface area contributed by atoms with Crippen LogP contribution >= 0.6 is 0 Å². The molecule has 0 radical (unpaired) electrons. The number of nitrogens with one attached hydrogen (secondary N) is 2. The van der Waals surface area contributed by atoms with Gasteiger partial charge < -0.3 is 14.8 Å². The van der Waals surface area contributed by atoms with Crippen molar-refractivity contribution in [2.24, 2.45) is 0 Å². The third-order valence-corrected chi connectivity index (χ3v) is 3.88. The minimum Gasteiger partial charge on any atom is -0.477 e. The maximum atomic E-state index is 11.9. The molecular weight excluding hydrogens is 260 g/mol. The number of rotatable bonds is 7. The standard InChI is InChI=1S/C10H16N2O5S/c1-7(3-4-17-2)12-18(15,16)8-5-9(10(13)14)11-6-8/h5-7,11-12H,3-4H2,1-2H3,(H,13,14). The molecule has 0 aliphatic rings. The van der Waals surface area contributed by atoms with Gasteiger partial charge >= 0.3 is 5.97 Å². The van der Waals surface area contributed by atoms with Gasteiger partial charge in [0.1, 0.15) is 10.6 Å². The summed E-state index contributed by atoms with van der Waals surface area (Å²) >= 11 is 0. The summed E-state index contributed by atoms with van der Waals surface area (Å²) in [6, 6.07) is 0.784.